The predicted molar refractivity (Wildman–Crippen MR) is 76.9 cm³/mol. The van der Waals surface area contributed by atoms with E-state index >= 15 is 0 Å². The predicted octanol–water partition coefficient (Wildman–Crippen LogP) is 1.65. The molecule has 0 aliphatic carbocycles. The highest BCUT2D eigenvalue weighted by Gasteiger charge is 2.39. The van der Waals surface area contributed by atoms with E-state index in [1.807, 2.05) is 24.3 Å². The van der Waals surface area contributed by atoms with Gasteiger partial charge in [0.2, 0.25) is 0 Å². The van der Waals surface area contributed by atoms with Crippen LogP contribution in [0.4, 0.5) is 0 Å². The van der Waals surface area contributed by atoms with Gasteiger partial charge in [-0.1, -0.05) is 24.3 Å². The molecule has 114 valence electrons. The third-order valence-electron chi connectivity index (χ3n) is 4.29. The van der Waals surface area contributed by atoms with Gasteiger partial charge in [-0.15, -0.1) is 0 Å². The number of piperidine rings is 1. The van der Waals surface area contributed by atoms with E-state index in [1.165, 1.54) is 0 Å². The van der Waals surface area contributed by atoms with Crippen molar-refractivity contribution in [3.63, 3.8) is 0 Å². The first-order chi connectivity index (χ1) is 10.2. The lowest BCUT2D eigenvalue weighted by atomic mass is 10.0. The topological polar surface area (TPSA) is 59.0 Å². The molecule has 0 amide bonds. The molecule has 1 aromatic rings. The van der Waals surface area contributed by atoms with Crippen LogP contribution in [-0.2, 0) is 27.2 Å². The fourth-order valence-electron chi connectivity index (χ4n) is 3.13. The standard InChI is InChI=1S/C16H21NO4/c18-15(19)11-13-3-1-2-4-14(13)12-17-7-5-16(6-8-17)20-9-10-21-16/h1-4H,5-12H2,(H,18,19). The summed E-state index contributed by atoms with van der Waals surface area (Å²) in [5.41, 5.74) is 2.00. The van der Waals surface area contributed by atoms with Gasteiger partial charge < -0.3 is 14.6 Å². The van der Waals surface area contributed by atoms with Crippen molar-refractivity contribution in [1.29, 1.82) is 0 Å². The number of likely N-dealkylation sites (tertiary alicyclic amines) is 1. The monoisotopic (exact) mass is 291 g/mol. The number of ether oxygens (including phenoxy) is 2. The molecule has 3 rings (SSSR count). The molecule has 2 fully saturated rings. The van der Waals surface area contributed by atoms with Gasteiger partial charge in [-0.25, -0.2) is 0 Å². The number of hydrogen-bond donors (Lipinski definition) is 1. The van der Waals surface area contributed by atoms with Crippen LogP contribution < -0.4 is 0 Å². The number of aliphatic carboxylic acids is 1. The Bertz CT molecular complexity index is 501. The third-order valence-corrected chi connectivity index (χ3v) is 4.29. The second-order valence-corrected chi connectivity index (χ2v) is 5.72. The van der Waals surface area contributed by atoms with Gasteiger partial charge in [0.1, 0.15) is 0 Å². The molecule has 0 radical (unpaired) electrons. The molecule has 0 aromatic heterocycles. The van der Waals surface area contributed by atoms with E-state index in [4.69, 9.17) is 14.6 Å². The molecular weight excluding hydrogens is 270 g/mol. The highest BCUT2D eigenvalue weighted by Crippen LogP contribution is 2.31. The van der Waals surface area contributed by atoms with Crippen LogP contribution in [0.25, 0.3) is 0 Å². The Morgan fingerprint density at radius 2 is 1.76 bits per heavy atom. The minimum Gasteiger partial charge on any atom is -0.481 e. The number of carboxylic acid groups (broad SMARTS) is 1. The average Bonchev–Trinajstić information content (AvgIpc) is 2.92. The smallest absolute Gasteiger partial charge is 0.307 e. The molecule has 5 heteroatoms. The van der Waals surface area contributed by atoms with E-state index in [0.29, 0.717) is 13.2 Å². The molecule has 1 aromatic carbocycles. The summed E-state index contributed by atoms with van der Waals surface area (Å²) in [6.07, 6.45) is 1.85. The maximum atomic E-state index is 10.9. The molecule has 0 unspecified atom stereocenters. The molecule has 0 bridgehead atoms. The van der Waals surface area contributed by atoms with Crippen molar-refractivity contribution >= 4 is 5.97 Å². The van der Waals surface area contributed by atoms with Crippen LogP contribution in [0.3, 0.4) is 0 Å². The first-order valence-corrected chi connectivity index (χ1v) is 7.46. The summed E-state index contributed by atoms with van der Waals surface area (Å²) < 4.78 is 11.5. The Kier molecular flexibility index (Phi) is 4.24. The SMILES string of the molecule is O=C(O)Cc1ccccc1CN1CCC2(CC1)OCCO2. The van der Waals surface area contributed by atoms with E-state index in [2.05, 4.69) is 4.90 Å². The summed E-state index contributed by atoms with van der Waals surface area (Å²) in [5.74, 6) is -1.13. The number of carbonyl (C=O) groups is 1. The van der Waals surface area contributed by atoms with Gasteiger partial charge in [0.15, 0.2) is 5.79 Å². The second-order valence-electron chi connectivity index (χ2n) is 5.72. The summed E-state index contributed by atoms with van der Waals surface area (Å²) >= 11 is 0. The summed E-state index contributed by atoms with van der Waals surface area (Å²) in [5, 5.41) is 8.99. The lowest BCUT2D eigenvalue weighted by molar-refractivity contribution is -0.185. The molecule has 1 spiro atoms. The number of carboxylic acids is 1. The number of rotatable bonds is 4. The second kappa shape index (κ2) is 6.13. The van der Waals surface area contributed by atoms with Crippen molar-refractivity contribution in [2.75, 3.05) is 26.3 Å². The quantitative estimate of drug-likeness (QED) is 0.914. The van der Waals surface area contributed by atoms with Crippen molar-refractivity contribution < 1.29 is 19.4 Å². The normalized spacial score (nSPS) is 21.7. The fourth-order valence-corrected chi connectivity index (χ4v) is 3.13. The lowest BCUT2D eigenvalue weighted by Gasteiger charge is -2.37. The Hall–Kier alpha value is -1.43. The summed E-state index contributed by atoms with van der Waals surface area (Å²) in [6.45, 7) is 4.02. The van der Waals surface area contributed by atoms with Gasteiger partial charge in [-0.05, 0) is 11.1 Å². The molecular formula is C16H21NO4. The maximum Gasteiger partial charge on any atom is 0.307 e. The van der Waals surface area contributed by atoms with Crippen LogP contribution in [0.2, 0.25) is 0 Å². The molecule has 2 saturated heterocycles. The lowest BCUT2D eigenvalue weighted by Crippen LogP contribution is -2.44. The summed E-state index contributed by atoms with van der Waals surface area (Å²) in [7, 11) is 0. The molecule has 0 atom stereocenters. The van der Waals surface area contributed by atoms with Gasteiger partial charge in [0, 0.05) is 32.5 Å². The first-order valence-electron chi connectivity index (χ1n) is 7.46. The molecule has 21 heavy (non-hydrogen) atoms. The van der Waals surface area contributed by atoms with Crippen molar-refractivity contribution in [1.82, 2.24) is 4.90 Å². The van der Waals surface area contributed by atoms with Crippen LogP contribution in [0, 0.1) is 0 Å². The van der Waals surface area contributed by atoms with Crippen molar-refractivity contribution in [3.8, 4) is 0 Å². The van der Waals surface area contributed by atoms with E-state index in [1.54, 1.807) is 0 Å². The summed E-state index contributed by atoms with van der Waals surface area (Å²) in [6, 6.07) is 7.78. The first kappa shape index (κ1) is 14.5. The number of hydrogen-bond acceptors (Lipinski definition) is 4. The molecule has 5 nitrogen and oxygen atoms in total. The molecule has 2 aliphatic heterocycles. The zero-order valence-corrected chi connectivity index (χ0v) is 12.1. The van der Waals surface area contributed by atoms with E-state index in [9.17, 15) is 4.79 Å². The highest BCUT2D eigenvalue weighted by atomic mass is 16.7. The van der Waals surface area contributed by atoms with Crippen LogP contribution in [0.15, 0.2) is 24.3 Å². The van der Waals surface area contributed by atoms with E-state index < -0.39 is 5.97 Å². The van der Waals surface area contributed by atoms with Crippen LogP contribution >= 0.6 is 0 Å². The van der Waals surface area contributed by atoms with Gasteiger partial charge in [0.05, 0.1) is 19.6 Å². The van der Waals surface area contributed by atoms with Crippen molar-refractivity contribution in [3.05, 3.63) is 35.4 Å². The van der Waals surface area contributed by atoms with E-state index in [0.717, 1.165) is 43.6 Å². The Labute approximate surface area is 124 Å². The third kappa shape index (κ3) is 3.43. The Balaban J connectivity index is 1.61. The van der Waals surface area contributed by atoms with Gasteiger partial charge >= 0.3 is 5.97 Å². The average molecular weight is 291 g/mol. The Morgan fingerprint density at radius 3 is 2.38 bits per heavy atom. The van der Waals surface area contributed by atoms with Gasteiger partial charge in [-0.3, -0.25) is 9.69 Å². The fraction of sp³-hybridized carbons (Fsp3) is 0.562. The van der Waals surface area contributed by atoms with E-state index in [-0.39, 0.29) is 12.2 Å². The largest absolute Gasteiger partial charge is 0.481 e. The number of nitrogens with zero attached hydrogens (tertiary/aromatic N) is 1. The van der Waals surface area contributed by atoms with Crippen molar-refractivity contribution in [2.45, 2.75) is 31.6 Å². The molecule has 0 saturated carbocycles. The zero-order valence-electron chi connectivity index (χ0n) is 12.1. The zero-order chi connectivity index (χ0) is 14.7. The summed E-state index contributed by atoms with van der Waals surface area (Å²) in [4.78, 5) is 13.3. The Morgan fingerprint density at radius 1 is 1.14 bits per heavy atom. The van der Waals surface area contributed by atoms with Gasteiger partial charge in [-0.2, -0.15) is 0 Å². The molecule has 2 heterocycles. The minimum atomic E-state index is -0.784. The number of benzene rings is 1. The van der Waals surface area contributed by atoms with Gasteiger partial charge in [0.25, 0.3) is 0 Å². The van der Waals surface area contributed by atoms with Crippen LogP contribution in [0.5, 0.6) is 0 Å². The van der Waals surface area contributed by atoms with Crippen LogP contribution in [-0.4, -0.2) is 48.1 Å². The highest BCUT2D eigenvalue weighted by molar-refractivity contribution is 5.70. The maximum absolute atomic E-state index is 10.9. The van der Waals surface area contributed by atoms with Crippen LogP contribution in [0.1, 0.15) is 24.0 Å². The molecule has 2 aliphatic rings. The van der Waals surface area contributed by atoms with Crippen molar-refractivity contribution in [2.24, 2.45) is 0 Å². The molecule has 1 N–H and O–H groups in total. The minimum absolute atomic E-state index is 0.0835.